The molecule has 0 bridgehead atoms. The number of halogens is 1. The summed E-state index contributed by atoms with van der Waals surface area (Å²) in [5, 5.41) is 1.99. The van der Waals surface area contributed by atoms with E-state index in [0.717, 1.165) is 17.0 Å². The summed E-state index contributed by atoms with van der Waals surface area (Å²) >= 11 is 6.46. The molecule has 1 saturated carbocycles. The molecule has 2 N–H and O–H groups in total. The van der Waals surface area contributed by atoms with Gasteiger partial charge in [-0.25, -0.2) is 0 Å². The molecule has 3 rings (SSSR count). The molecule has 2 aromatic rings. The fraction of sp³-hybridized carbons (Fsp3) is 0.500. The lowest BCUT2D eigenvalue weighted by atomic mass is 9.69. The zero-order valence-corrected chi connectivity index (χ0v) is 12.2. The summed E-state index contributed by atoms with van der Waals surface area (Å²) in [6.45, 7) is 0.721. The van der Waals surface area contributed by atoms with Gasteiger partial charge < -0.3 is 10.3 Å². The van der Waals surface area contributed by atoms with Crippen molar-refractivity contribution >= 4 is 22.5 Å². The van der Waals surface area contributed by atoms with Crippen molar-refractivity contribution in [1.82, 2.24) is 4.57 Å². The van der Waals surface area contributed by atoms with Crippen LogP contribution in [0.4, 0.5) is 0 Å². The highest BCUT2D eigenvalue weighted by Gasteiger charge is 2.33. The molecular formula is C16H21ClN2. The van der Waals surface area contributed by atoms with Crippen molar-refractivity contribution in [3.8, 4) is 0 Å². The van der Waals surface area contributed by atoms with E-state index in [1.165, 1.54) is 43.2 Å². The van der Waals surface area contributed by atoms with E-state index in [-0.39, 0.29) is 5.41 Å². The molecule has 0 atom stereocenters. The number of rotatable bonds is 2. The molecule has 1 aliphatic rings. The lowest BCUT2D eigenvalue weighted by Crippen LogP contribution is -2.37. The van der Waals surface area contributed by atoms with Crippen LogP contribution in [-0.2, 0) is 12.5 Å². The molecule has 19 heavy (non-hydrogen) atoms. The maximum Gasteiger partial charge on any atom is 0.0502 e. The molecule has 3 heteroatoms. The van der Waals surface area contributed by atoms with Gasteiger partial charge in [-0.15, -0.1) is 0 Å². The summed E-state index contributed by atoms with van der Waals surface area (Å²) in [4.78, 5) is 0. The zero-order chi connectivity index (χ0) is 13.5. The van der Waals surface area contributed by atoms with Gasteiger partial charge in [-0.1, -0.05) is 30.9 Å². The van der Waals surface area contributed by atoms with Crippen LogP contribution in [0.3, 0.4) is 0 Å². The first-order chi connectivity index (χ1) is 9.16. The van der Waals surface area contributed by atoms with Crippen LogP contribution in [0.15, 0.2) is 24.4 Å². The minimum absolute atomic E-state index is 0.139. The van der Waals surface area contributed by atoms with E-state index in [9.17, 15) is 0 Å². The summed E-state index contributed by atoms with van der Waals surface area (Å²) in [5.74, 6) is 0. The monoisotopic (exact) mass is 276 g/mol. The fourth-order valence-electron chi connectivity index (χ4n) is 3.47. The van der Waals surface area contributed by atoms with Crippen molar-refractivity contribution in [1.29, 1.82) is 0 Å². The zero-order valence-electron chi connectivity index (χ0n) is 11.5. The van der Waals surface area contributed by atoms with Crippen LogP contribution >= 0.6 is 11.6 Å². The first-order valence-corrected chi connectivity index (χ1v) is 7.49. The second-order valence-electron chi connectivity index (χ2n) is 5.86. The molecule has 0 radical (unpaired) electrons. The maximum absolute atomic E-state index is 6.46. The summed E-state index contributed by atoms with van der Waals surface area (Å²) in [7, 11) is 2.07. The van der Waals surface area contributed by atoms with Gasteiger partial charge in [0.25, 0.3) is 0 Å². The van der Waals surface area contributed by atoms with Gasteiger partial charge in [0.2, 0.25) is 0 Å². The number of hydrogen-bond acceptors (Lipinski definition) is 1. The fourth-order valence-corrected chi connectivity index (χ4v) is 3.75. The topological polar surface area (TPSA) is 30.9 Å². The Balaban J connectivity index is 2.15. The largest absolute Gasteiger partial charge is 0.350 e. The molecular weight excluding hydrogens is 256 g/mol. The maximum atomic E-state index is 6.46. The number of nitrogens with two attached hydrogens (primary N) is 1. The number of fused-ring (bicyclic) bond motifs is 1. The second kappa shape index (κ2) is 4.84. The highest BCUT2D eigenvalue weighted by molar-refractivity contribution is 6.35. The van der Waals surface area contributed by atoms with E-state index in [2.05, 4.69) is 36.0 Å². The Hall–Kier alpha value is -0.990. The van der Waals surface area contributed by atoms with E-state index in [4.69, 9.17) is 17.3 Å². The quantitative estimate of drug-likeness (QED) is 0.883. The van der Waals surface area contributed by atoms with Crippen molar-refractivity contribution in [2.24, 2.45) is 12.8 Å². The first-order valence-electron chi connectivity index (χ1n) is 7.11. The Bertz CT molecular complexity index is 594. The van der Waals surface area contributed by atoms with E-state index in [1.54, 1.807) is 0 Å². The van der Waals surface area contributed by atoms with Gasteiger partial charge in [-0.2, -0.15) is 0 Å². The molecule has 0 aliphatic heterocycles. The van der Waals surface area contributed by atoms with E-state index >= 15 is 0 Å². The summed E-state index contributed by atoms with van der Waals surface area (Å²) < 4.78 is 2.14. The minimum atomic E-state index is 0.139. The molecule has 1 aromatic carbocycles. The number of aryl methyl sites for hydroxylation is 1. The first kappa shape index (κ1) is 13.0. The van der Waals surface area contributed by atoms with Crippen LogP contribution in [0.2, 0.25) is 5.02 Å². The SMILES string of the molecule is Cn1ccc2c(Cl)cc(C3(CN)CCCCC3)cc21. The van der Waals surface area contributed by atoms with Gasteiger partial charge in [0.05, 0.1) is 5.02 Å². The number of aromatic nitrogens is 1. The minimum Gasteiger partial charge on any atom is -0.350 e. The Kier molecular flexibility index (Phi) is 3.32. The Morgan fingerprint density at radius 3 is 2.68 bits per heavy atom. The van der Waals surface area contributed by atoms with Gasteiger partial charge in [0.15, 0.2) is 0 Å². The Labute approximate surface area is 119 Å². The van der Waals surface area contributed by atoms with Crippen LogP contribution in [0.5, 0.6) is 0 Å². The van der Waals surface area contributed by atoms with Crippen molar-refractivity contribution in [3.63, 3.8) is 0 Å². The summed E-state index contributed by atoms with van der Waals surface area (Å²) in [6.07, 6.45) is 8.34. The van der Waals surface area contributed by atoms with Gasteiger partial charge in [0, 0.05) is 36.1 Å². The van der Waals surface area contributed by atoms with Crippen molar-refractivity contribution < 1.29 is 0 Å². The van der Waals surface area contributed by atoms with Crippen LogP contribution < -0.4 is 5.73 Å². The third kappa shape index (κ3) is 2.07. The molecule has 0 unspecified atom stereocenters. The van der Waals surface area contributed by atoms with E-state index in [0.29, 0.717) is 0 Å². The third-order valence-electron chi connectivity index (χ3n) is 4.77. The van der Waals surface area contributed by atoms with Crippen molar-refractivity contribution in [3.05, 3.63) is 35.0 Å². The molecule has 2 nitrogen and oxygen atoms in total. The average molecular weight is 277 g/mol. The smallest absolute Gasteiger partial charge is 0.0502 e. The number of benzene rings is 1. The molecule has 0 saturated heterocycles. The van der Waals surface area contributed by atoms with E-state index < -0.39 is 0 Å². The number of nitrogens with zero attached hydrogens (tertiary/aromatic N) is 1. The molecule has 0 amide bonds. The predicted molar refractivity (Wildman–Crippen MR) is 81.7 cm³/mol. The molecule has 1 heterocycles. The van der Waals surface area contributed by atoms with Crippen molar-refractivity contribution in [2.45, 2.75) is 37.5 Å². The highest BCUT2D eigenvalue weighted by Crippen LogP contribution is 2.41. The van der Waals surface area contributed by atoms with Crippen LogP contribution in [0, 0.1) is 0 Å². The molecule has 102 valence electrons. The molecule has 0 spiro atoms. The van der Waals surface area contributed by atoms with Gasteiger partial charge in [0.1, 0.15) is 0 Å². The van der Waals surface area contributed by atoms with Gasteiger partial charge >= 0.3 is 0 Å². The van der Waals surface area contributed by atoms with Crippen LogP contribution in [0.25, 0.3) is 10.9 Å². The van der Waals surface area contributed by atoms with Crippen LogP contribution in [0.1, 0.15) is 37.7 Å². The highest BCUT2D eigenvalue weighted by atomic mass is 35.5. The molecule has 1 aliphatic carbocycles. The summed E-state index contributed by atoms with van der Waals surface area (Å²) in [6, 6.07) is 6.51. The standard InChI is InChI=1S/C16H21ClN2/c1-19-8-5-13-14(17)9-12(10-15(13)19)16(11-18)6-3-2-4-7-16/h5,8-10H,2-4,6-7,11,18H2,1H3. The molecule has 1 aromatic heterocycles. The predicted octanol–water partition coefficient (Wildman–Crippen LogP) is 3.99. The van der Waals surface area contributed by atoms with Crippen molar-refractivity contribution in [2.75, 3.05) is 6.54 Å². The van der Waals surface area contributed by atoms with E-state index in [1.807, 2.05) is 0 Å². The Morgan fingerprint density at radius 1 is 1.26 bits per heavy atom. The van der Waals surface area contributed by atoms with Gasteiger partial charge in [-0.05, 0) is 36.6 Å². The molecule has 1 fully saturated rings. The second-order valence-corrected chi connectivity index (χ2v) is 6.27. The van der Waals surface area contributed by atoms with Gasteiger partial charge in [-0.3, -0.25) is 0 Å². The average Bonchev–Trinajstić information content (AvgIpc) is 2.82. The third-order valence-corrected chi connectivity index (χ3v) is 5.08. The summed E-state index contributed by atoms with van der Waals surface area (Å²) in [5.41, 5.74) is 8.80. The normalized spacial score (nSPS) is 18.9. The van der Waals surface area contributed by atoms with Crippen LogP contribution in [-0.4, -0.2) is 11.1 Å². The number of hydrogen-bond donors (Lipinski definition) is 1. The lowest BCUT2D eigenvalue weighted by Gasteiger charge is -2.37. The Morgan fingerprint density at radius 2 is 2.00 bits per heavy atom. The lowest BCUT2D eigenvalue weighted by molar-refractivity contribution is 0.301.